The van der Waals surface area contributed by atoms with Crippen LogP contribution in [0.4, 0.5) is 22.0 Å². The topological polar surface area (TPSA) is 33.5 Å². The van der Waals surface area contributed by atoms with Crippen LogP contribution in [0, 0.1) is 17.6 Å². The lowest BCUT2D eigenvalue weighted by Gasteiger charge is -2.44. The molecule has 224 valence electrons. The molecule has 1 saturated heterocycles. The molecule has 0 amide bonds. The SMILES string of the molecule is CC1Cc2c(ccc3c2cnn3CC(C)(C)F)C(c2c(F)cc(OCCN3CC(CF)C3)cc2F)N1CC(C)(C)F. The molecule has 2 aromatic carbocycles. The number of benzene rings is 2. The predicted octanol–water partition coefficient (Wildman–Crippen LogP) is 6.43. The van der Waals surface area contributed by atoms with E-state index in [-0.39, 0.29) is 49.6 Å². The van der Waals surface area contributed by atoms with Crippen LogP contribution in [-0.4, -0.2) is 76.4 Å². The van der Waals surface area contributed by atoms with E-state index in [1.807, 2.05) is 16.7 Å². The summed E-state index contributed by atoms with van der Waals surface area (Å²) in [6.07, 6.45) is 2.20. The Morgan fingerprint density at radius 2 is 1.66 bits per heavy atom. The number of hydrogen-bond donors (Lipinski definition) is 0. The number of halogens is 5. The Morgan fingerprint density at radius 3 is 2.27 bits per heavy atom. The van der Waals surface area contributed by atoms with E-state index < -0.39 is 29.0 Å². The van der Waals surface area contributed by atoms with E-state index in [9.17, 15) is 8.78 Å². The van der Waals surface area contributed by atoms with Crippen molar-refractivity contribution in [3.63, 3.8) is 0 Å². The summed E-state index contributed by atoms with van der Waals surface area (Å²) in [6, 6.07) is 4.82. The van der Waals surface area contributed by atoms with E-state index >= 15 is 13.2 Å². The third kappa shape index (κ3) is 6.38. The largest absolute Gasteiger partial charge is 0.492 e. The van der Waals surface area contributed by atoms with E-state index in [1.54, 1.807) is 23.0 Å². The first-order valence-corrected chi connectivity index (χ1v) is 14.2. The number of alkyl halides is 3. The number of likely N-dealkylation sites (tertiary alicyclic amines) is 1. The highest BCUT2D eigenvalue weighted by Crippen LogP contribution is 2.44. The Morgan fingerprint density at radius 1 is 1.00 bits per heavy atom. The lowest BCUT2D eigenvalue weighted by Crippen LogP contribution is -2.49. The Balaban J connectivity index is 1.50. The molecular weight excluding hydrogens is 539 g/mol. The van der Waals surface area contributed by atoms with Crippen LogP contribution in [0.1, 0.15) is 57.4 Å². The first kappa shape index (κ1) is 29.8. The first-order chi connectivity index (χ1) is 19.2. The summed E-state index contributed by atoms with van der Waals surface area (Å²) in [5, 5.41) is 5.21. The molecule has 5 rings (SSSR count). The Labute approximate surface area is 238 Å². The maximum atomic E-state index is 15.8. The lowest BCUT2D eigenvalue weighted by molar-refractivity contribution is 0.0647. The van der Waals surface area contributed by atoms with Gasteiger partial charge in [-0.15, -0.1) is 0 Å². The normalized spacial score (nSPS) is 20.8. The molecule has 2 unspecified atom stereocenters. The summed E-state index contributed by atoms with van der Waals surface area (Å²) in [6.45, 7) is 9.56. The van der Waals surface area contributed by atoms with Crippen molar-refractivity contribution < 1.29 is 26.7 Å². The minimum Gasteiger partial charge on any atom is -0.492 e. The minimum absolute atomic E-state index is 0.0293. The van der Waals surface area contributed by atoms with Gasteiger partial charge in [0.25, 0.3) is 0 Å². The van der Waals surface area contributed by atoms with E-state index in [1.165, 1.54) is 39.8 Å². The van der Waals surface area contributed by atoms with Gasteiger partial charge < -0.3 is 4.74 Å². The molecule has 1 fully saturated rings. The molecule has 1 aromatic heterocycles. The Kier molecular flexibility index (Phi) is 8.11. The second kappa shape index (κ2) is 11.2. The maximum absolute atomic E-state index is 15.8. The number of fused-ring (bicyclic) bond motifs is 3. The predicted molar refractivity (Wildman–Crippen MR) is 150 cm³/mol. The zero-order valence-corrected chi connectivity index (χ0v) is 24.4. The highest BCUT2D eigenvalue weighted by molar-refractivity contribution is 5.84. The minimum atomic E-state index is -1.61. The molecule has 3 aromatic rings. The molecule has 0 spiro atoms. The quantitative estimate of drug-likeness (QED) is 0.260. The fourth-order valence-corrected chi connectivity index (χ4v) is 6.20. The number of nitrogens with zero attached hydrogens (tertiary/aromatic N) is 4. The van der Waals surface area contributed by atoms with Gasteiger partial charge in [-0.25, -0.2) is 17.6 Å². The zero-order chi connectivity index (χ0) is 29.7. The van der Waals surface area contributed by atoms with E-state index in [4.69, 9.17) is 4.74 Å². The van der Waals surface area contributed by atoms with Crippen molar-refractivity contribution in [1.29, 1.82) is 0 Å². The van der Waals surface area contributed by atoms with Crippen LogP contribution in [0.5, 0.6) is 5.75 Å². The van der Waals surface area contributed by atoms with Crippen LogP contribution in [-0.2, 0) is 13.0 Å². The molecule has 2 aliphatic heterocycles. The standard InChI is InChI=1S/C31H39F5N4O/c1-19-10-23-22(6-7-27-24(23)14-37-40(27)18-31(4,5)36)29(39(19)17-30(2,3)35)28-25(33)11-21(12-26(28)34)41-9-8-38-15-20(13-32)16-38/h6-7,11-12,14,19-20,29H,8-10,13,15-18H2,1-5H3. The van der Waals surface area contributed by atoms with Gasteiger partial charge in [-0.05, 0) is 58.2 Å². The second-order valence-corrected chi connectivity index (χ2v) is 12.9. The summed E-state index contributed by atoms with van der Waals surface area (Å²) in [4.78, 5) is 3.84. The van der Waals surface area contributed by atoms with Crippen molar-refractivity contribution in [1.82, 2.24) is 19.6 Å². The van der Waals surface area contributed by atoms with Crippen molar-refractivity contribution in [2.75, 3.05) is 39.5 Å². The zero-order valence-electron chi connectivity index (χ0n) is 24.4. The summed E-state index contributed by atoms with van der Waals surface area (Å²) < 4.78 is 81.1. The van der Waals surface area contributed by atoms with Gasteiger partial charge in [0, 0.05) is 61.2 Å². The van der Waals surface area contributed by atoms with Gasteiger partial charge in [-0.2, -0.15) is 5.10 Å². The van der Waals surface area contributed by atoms with Gasteiger partial charge in [0.05, 0.1) is 31.0 Å². The molecule has 41 heavy (non-hydrogen) atoms. The molecule has 0 N–H and O–H groups in total. The van der Waals surface area contributed by atoms with Crippen LogP contribution >= 0.6 is 0 Å². The molecule has 5 nitrogen and oxygen atoms in total. The van der Waals surface area contributed by atoms with E-state index in [2.05, 4.69) is 5.10 Å². The van der Waals surface area contributed by atoms with Crippen LogP contribution in [0.3, 0.4) is 0 Å². The fourth-order valence-electron chi connectivity index (χ4n) is 6.20. The van der Waals surface area contributed by atoms with Crippen molar-refractivity contribution in [2.24, 2.45) is 5.92 Å². The van der Waals surface area contributed by atoms with Crippen molar-refractivity contribution in [3.05, 3.63) is 58.8 Å². The van der Waals surface area contributed by atoms with Gasteiger partial charge in [-0.3, -0.25) is 18.9 Å². The fraction of sp³-hybridized carbons (Fsp3) is 0.581. The lowest BCUT2D eigenvalue weighted by atomic mass is 9.82. The molecule has 0 radical (unpaired) electrons. The number of aromatic nitrogens is 2. The Hall–Kier alpha value is -2.72. The summed E-state index contributed by atoms with van der Waals surface area (Å²) in [7, 11) is 0. The molecule has 2 atom stereocenters. The summed E-state index contributed by atoms with van der Waals surface area (Å²) >= 11 is 0. The summed E-state index contributed by atoms with van der Waals surface area (Å²) in [5.41, 5.74) is -0.971. The molecule has 10 heteroatoms. The van der Waals surface area contributed by atoms with E-state index in [0.717, 1.165) is 16.5 Å². The second-order valence-electron chi connectivity index (χ2n) is 12.9. The molecular formula is C31H39F5N4O. The van der Waals surface area contributed by atoms with Gasteiger partial charge in [-0.1, -0.05) is 6.07 Å². The van der Waals surface area contributed by atoms with Crippen LogP contribution in [0.25, 0.3) is 10.9 Å². The summed E-state index contributed by atoms with van der Waals surface area (Å²) in [5.74, 6) is -1.43. The monoisotopic (exact) mass is 578 g/mol. The van der Waals surface area contributed by atoms with Crippen molar-refractivity contribution >= 4 is 10.9 Å². The highest BCUT2D eigenvalue weighted by Gasteiger charge is 2.40. The van der Waals surface area contributed by atoms with Crippen LogP contribution in [0.2, 0.25) is 0 Å². The maximum Gasteiger partial charge on any atom is 0.134 e. The molecule has 3 heterocycles. The van der Waals surface area contributed by atoms with Crippen molar-refractivity contribution in [2.45, 2.75) is 71.0 Å². The third-order valence-corrected chi connectivity index (χ3v) is 8.00. The average Bonchev–Trinajstić information content (AvgIpc) is 3.22. The van der Waals surface area contributed by atoms with Crippen LogP contribution < -0.4 is 4.74 Å². The highest BCUT2D eigenvalue weighted by atomic mass is 19.2. The van der Waals surface area contributed by atoms with E-state index in [0.29, 0.717) is 31.6 Å². The number of ether oxygens (including phenoxy) is 1. The van der Waals surface area contributed by atoms with Gasteiger partial charge >= 0.3 is 0 Å². The molecule has 0 bridgehead atoms. The van der Waals surface area contributed by atoms with Crippen LogP contribution in [0.15, 0.2) is 30.5 Å². The van der Waals surface area contributed by atoms with Gasteiger partial charge in [0.2, 0.25) is 0 Å². The number of hydrogen-bond acceptors (Lipinski definition) is 4. The van der Waals surface area contributed by atoms with Gasteiger partial charge in [0.15, 0.2) is 0 Å². The number of rotatable bonds is 10. The third-order valence-electron chi connectivity index (χ3n) is 8.00. The Bertz CT molecular complexity index is 1370. The molecule has 0 aliphatic carbocycles. The van der Waals surface area contributed by atoms with Gasteiger partial charge in [0.1, 0.15) is 35.3 Å². The first-order valence-electron chi connectivity index (χ1n) is 14.2. The smallest absolute Gasteiger partial charge is 0.134 e. The molecule has 0 saturated carbocycles. The average molecular weight is 579 g/mol. The van der Waals surface area contributed by atoms with Crippen molar-refractivity contribution in [3.8, 4) is 5.75 Å². The molecule has 2 aliphatic rings.